The van der Waals surface area contributed by atoms with Crippen molar-refractivity contribution in [3.8, 4) is 0 Å². The van der Waals surface area contributed by atoms with Crippen LogP contribution < -0.4 is 11.1 Å². The van der Waals surface area contributed by atoms with Crippen LogP contribution in [0.4, 0.5) is 0 Å². The molecule has 78 valence electrons. The summed E-state index contributed by atoms with van der Waals surface area (Å²) in [5, 5.41) is 3.13. The third-order valence-corrected chi connectivity index (χ3v) is 3.38. The average Bonchev–Trinajstić information content (AvgIpc) is 2.18. The summed E-state index contributed by atoms with van der Waals surface area (Å²) in [6.45, 7) is 2.26. The van der Waals surface area contributed by atoms with Crippen molar-refractivity contribution in [3.63, 3.8) is 0 Å². The molecule has 0 bridgehead atoms. The van der Waals surface area contributed by atoms with Gasteiger partial charge in [-0.15, -0.1) is 0 Å². The Morgan fingerprint density at radius 3 is 2.46 bits per heavy atom. The molecular formula is C11H24N2. The second kappa shape index (κ2) is 5.61. The highest BCUT2D eigenvalue weighted by Gasteiger charge is 2.19. The van der Waals surface area contributed by atoms with E-state index < -0.39 is 0 Å². The fraction of sp³-hybridized carbons (Fsp3) is 1.00. The molecule has 1 saturated carbocycles. The van der Waals surface area contributed by atoms with Gasteiger partial charge < -0.3 is 11.1 Å². The molecule has 0 saturated heterocycles. The van der Waals surface area contributed by atoms with E-state index in [0.717, 1.165) is 5.92 Å². The van der Waals surface area contributed by atoms with E-state index in [0.29, 0.717) is 5.92 Å². The van der Waals surface area contributed by atoms with Crippen LogP contribution in [-0.4, -0.2) is 13.2 Å². The lowest BCUT2D eigenvalue weighted by atomic mass is 9.82. The van der Waals surface area contributed by atoms with Gasteiger partial charge in [0.1, 0.15) is 0 Å². The van der Waals surface area contributed by atoms with Crippen LogP contribution >= 0.6 is 0 Å². The largest absolute Gasteiger partial charge is 0.316 e. The van der Waals surface area contributed by atoms with Crippen LogP contribution in [0.1, 0.15) is 45.4 Å². The van der Waals surface area contributed by atoms with Crippen molar-refractivity contribution in [2.24, 2.45) is 17.6 Å². The summed E-state index contributed by atoms with van der Waals surface area (Å²) in [7, 11) is 1.95. The quantitative estimate of drug-likeness (QED) is 0.657. The van der Waals surface area contributed by atoms with E-state index in [1.54, 1.807) is 0 Å². The van der Waals surface area contributed by atoms with Crippen LogP contribution in [0.3, 0.4) is 0 Å². The topological polar surface area (TPSA) is 38.0 Å². The standard InChI is InChI=1S/C11H24N2/c1-9(11(12)13-2)8-10-6-4-3-5-7-10/h9-11,13H,3-8,12H2,1-2H3. The van der Waals surface area contributed by atoms with Crippen LogP contribution in [0.2, 0.25) is 0 Å². The van der Waals surface area contributed by atoms with E-state index in [1.165, 1.54) is 38.5 Å². The van der Waals surface area contributed by atoms with Crippen molar-refractivity contribution in [2.75, 3.05) is 7.05 Å². The molecular weight excluding hydrogens is 160 g/mol. The Balaban J connectivity index is 2.21. The summed E-state index contributed by atoms with van der Waals surface area (Å²) in [6, 6.07) is 0. The second-order valence-corrected chi connectivity index (χ2v) is 4.53. The minimum absolute atomic E-state index is 0.182. The fourth-order valence-electron chi connectivity index (χ4n) is 2.38. The molecule has 2 atom stereocenters. The lowest BCUT2D eigenvalue weighted by Gasteiger charge is -2.27. The number of hydrogen-bond donors (Lipinski definition) is 2. The Bertz CT molecular complexity index is 130. The Hall–Kier alpha value is -0.0800. The molecule has 0 aromatic rings. The Labute approximate surface area is 82.3 Å². The molecule has 1 fully saturated rings. The van der Waals surface area contributed by atoms with Gasteiger partial charge in [0.25, 0.3) is 0 Å². The van der Waals surface area contributed by atoms with Crippen LogP contribution in [-0.2, 0) is 0 Å². The Kier molecular flexibility index (Phi) is 4.74. The SMILES string of the molecule is CNC(N)C(C)CC1CCCCC1. The third-order valence-electron chi connectivity index (χ3n) is 3.38. The molecule has 0 aromatic heterocycles. The van der Waals surface area contributed by atoms with Gasteiger partial charge in [-0.1, -0.05) is 39.0 Å². The van der Waals surface area contributed by atoms with Gasteiger partial charge in [0.05, 0.1) is 6.17 Å². The molecule has 2 nitrogen and oxygen atoms in total. The monoisotopic (exact) mass is 184 g/mol. The predicted octanol–water partition coefficient (Wildman–Crippen LogP) is 2.10. The first-order chi connectivity index (χ1) is 6.24. The molecule has 0 spiro atoms. The van der Waals surface area contributed by atoms with Gasteiger partial charge in [-0.2, -0.15) is 0 Å². The Morgan fingerprint density at radius 1 is 1.31 bits per heavy atom. The third kappa shape index (κ3) is 3.65. The molecule has 0 aromatic carbocycles. The van der Waals surface area contributed by atoms with Gasteiger partial charge >= 0.3 is 0 Å². The van der Waals surface area contributed by atoms with Gasteiger partial charge in [0.2, 0.25) is 0 Å². The van der Waals surface area contributed by atoms with Crippen LogP contribution in [0.25, 0.3) is 0 Å². The summed E-state index contributed by atoms with van der Waals surface area (Å²) in [4.78, 5) is 0. The number of nitrogens with one attached hydrogen (secondary N) is 1. The van der Waals surface area contributed by atoms with E-state index in [9.17, 15) is 0 Å². The van der Waals surface area contributed by atoms with E-state index in [2.05, 4.69) is 12.2 Å². The first-order valence-electron chi connectivity index (χ1n) is 5.67. The van der Waals surface area contributed by atoms with Crippen LogP contribution in [0, 0.1) is 11.8 Å². The van der Waals surface area contributed by atoms with Crippen molar-refractivity contribution >= 4 is 0 Å². The van der Waals surface area contributed by atoms with E-state index in [1.807, 2.05) is 7.05 Å². The lowest BCUT2D eigenvalue weighted by molar-refractivity contribution is 0.264. The molecule has 2 unspecified atom stereocenters. The zero-order valence-corrected chi connectivity index (χ0v) is 9.05. The molecule has 0 heterocycles. The molecule has 1 rings (SSSR count). The number of hydrogen-bond acceptors (Lipinski definition) is 2. The zero-order chi connectivity index (χ0) is 9.68. The molecule has 0 amide bonds. The summed E-state index contributed by atoms with van der Waals surface area (Å²) < 4.78 is 0. The highest BCUT2D eigenvalue weighted by molar-refractivity contribution is 4.72. The molecule has 0 aliphatic heterocycles. The van der Waals surface area contributed by atoms with Gasteiger partial charge in [0.15, 0.2) is 0 Å². The van der Waals surface area contributed by atoms with Crippen LogP contribution in [0.5, 0.6) is 0 Å². The van der Waals surface area contributed by atoms with Gasteiger partial charge in [-0.05, 0) is 25.3 Å². The highest BCUT2D eigenvalue weighted by Crippen LogP contribution is 2.29. The molecule has 3 N–H and O–H groups in total. The maximum Gasteiger partial charge on any atom is 0.0570 e. The summed E-state index contributed by atoms with van der Waals surface area (Å²) in [6.07, 6.45) is 8.67. The van der Waals surface area contributed by atoms with Crippen molar-refractivity contribution in [2.45, 2.75) is 51.6 Å². The van der Waals surface area contributed by atoms with Crippen molar-refractivity contribution in [1.29, 1.82) is 0 Å². The lowest BCUT2D eigenvalue weighted by Crippen LogP contribution is -2.41. The summed E-state index contributed by atoms with van der Waals surface area (Å²) >= 11 is 0. The van der Waals surface area contributed by atoms with E-state index in [-0.39, 0.29) is 6.17 Å². The predicted molar refractivity (Wildman–Crippen MR) is 57.4 cm³/mol. The van der Waals surface area contributed by atoms with Crippen molar-refractivity contribution in [3.05, 3.63) is 0 Å². The highest BCUT2D eigenvalue weighted by atomic mass is 15.0. The van der Waals surface area contributed by atoms with Crippen molar-refractivity contribution in [1.82, 2.24) is 5.32 Å². The molecule has 1 aliphatic rings. The first-order valence-corrected chi connectivity index (χ1v) is 5.67. The number of rotatable bonds is 4. The summed E-state index contributed by atoms with van der Waals surface area (Å²) in [5.41, 5.74) is 5.92. The van der Waals surface area contributed by atoms with E-state index >= 15 is 0 Å². The minimum atomic E-state index is 0.182. The maximum atomic E-state index is 5.92. The van der Waals surface area contributed by atoms with Crippen LogP contribution in [0.15, 0.2) is 0 Å². The maximum absolute atomic E-state index is 5.92. The first kappa shape index (κ1) is 11.0. The molecule has 0 radical (unpaired) electrons. The van der Waals surface area contributed by atoms with Gasteiger partial charge in [-0.25, -0.2) is 0 Å². The Morgan fingerprint density at radius 2 is 1.92 bits per heavy atom. The van der Waals surface area contributed by atoms with Gasteiger partial charge in [0, 0.05) is 0 Å². The zero-order valence-electron chi connectivity index (χ0n) is 9.05. The smallest absolute Gasteiger partial charge is 0.0570 e. The number of nitrogens with two attached hydrogens (primary N) is 1. The molecule has 13 heavy (non-hydrogen) atoms. The van der Waals surface area contributed by atoms with Crippen molar-refractivity contribution < 1.29 is 0 Å². The van der Waals surface area contributed by atoms with Gasteiger partial charge in [-0.3, -0.25) is 0 Å². The van der Waals surface area contributed by atoms with E-state index in [4.69, 9.17) is 5.73 Å². The fourth-order valence-corrected chi connectivity index (χ4v) is 2.38. The normalized spacial score (nSPS) is 24.2. The molecule has 2 heteroatoms. The minimum Gasteiger partial charge on any atom is -0.316 e. The second-order valence-electron chi connectivity index (χ2n) is 4.53. The summed E-state index contributed by atoms with van der Waals surface area (Å²) in [5.74, 6) is 1.57. The average molecular weight is 184 g/mol. The molecule has 1 aliphatic carbocycles.